The van der Waals surface area contributed by atoms with Crippen molar-refractivity contribution in [3.05, 3.63) is 0 Å². The summed E-state index contributed by atoms with van der Waals surface area (Å²) in [7, 11) is 0. The second-order valence-corrected chi connectivity index (χ2v) is 6.42. The van der Waals surface area contributed by atoms with E-state index in [1.165, 1.54) is 0 Å². The van der Waals surface area contributed by atoms with Gasteiger partial charge >= 0.3 is 6.09 Å². The van der Waals surface area contributed by atoms with Crippen molar-refractivity contribution in [2.45, 2.75) is 51.4 Å². The third-order valence-electron chi connectivity index (χ3n) is 3.90. The van der Waals surface area contributed by atoms with Crippen LogP contribution in [0.1, 0.15) is 33.6 Å². The van der Waals surface area contributed by atoms with E-state index in [-0.39, 0.29) is 24.2 Å². The fourth-order valence-corrected chi connectivity index (χ4v) is 3.13. The van der Waals surface area contributed by atoms with Crippen molar-refractivity contribution in [2.24, 2.45) is 17.6 Å². The first kappa shape index (κ1) is 13.6. The highest BCUT2D eigenvalue weighted by atomic mass is 16.6. The van der Waals surface area contributed by atoms with Crippen molar-refractivity contribution in [1.29, 1.82) is 0 Å². The van der Waals surface area contributed by atoms with Gasteiger partial charge in [0.25, 0.3) is 0 Å². The molecule has 5 heteroatoms. The Bertz CT molecular complexity index is 327. The van der Waals surface area contributed by atoms with Crippen LogP contribution in [0, 0.1) is 11.8 Å². The lowest BCUT2D eigenvalue weighted by molar-refractivity contribution is -0.00650. The smallest absolute Gasteiger partial charge is 0.410 e. The number of rotatable bonds is 3. The van der Waals surface area contributed by atoms with Gasteiger partial charge in [0.2, 0.25) is 0 Å². The SMILES string of the molecule is CC(C)(C)OC(=O)N1C[C@@H]2C[C@H]1C2C(O)CCN. The number of hydrogen-bond acceptors (Lipinski definition) is 4. The van der Waals surface area contributed by atoms with E-state index in [4.69, 9.17) is 10.5 Å². The van der Waals surface area contributed by atoms with Crippen molar-refractivity contribution in [1.82, 2.24) is 4.90 Å². The third kappa shape index (κ3) is 2.47. The number of nitrogens with zero attached hydrogens (tertiary/aromatic N) is 1. The Morgan fingerprint density at radius 3 is 2.78 bits per heavy atom. The zero-order chi connectivity index (χ0) is 13.5. The Morgan fingerprint density at radius 2 is 2.22 bits per heavy atom. The number of hydrogen-bond donors (Lipinski definition) is 2. The first-order valence-corrected chi connectivity index (χ1v) is 6.71. The maximum atomic E-state index is 12.0. The summed E-state index contributed by atoms with van der Waals surface area (Å²) in [4.78, 5) is 13.8. The number of nitrogens with two attached hydrogens (primary N) is 1. The molecule has 2 bridgehead atoms. The molecule has 1 saturated carbocycles. The van der Waals surface area contributed by atoms with Gasteiger partial charge in [-0.25, -0.2) is 4.79 Å². The van der Waals surface area contributed by atoms with Crippen molar-refractivity contribution in [3.8, 4) is 0 Å². The largest absolute Gasteiger partial charge is 0.444 e. The van der Waals surface area contributed by atoms with Crippen LogP contribution in [0.4, 0.5) is 4.79 Å². The molecule has 5 nitrogen and oxygen atoms in total. The molecule has 3 rings (SSSR count). The molecule has 3 N–H and O–H groups in total. The molecule has 0 radical (unpaired) electrons. The highest BCUT2D eigenvalue weighted by Crippen LogP contribution is 2.48. The second kappa shape index (κ2) is 4.70. The number of aliphatic hydroxyl groups excluding tert-OH is 1. The average Bonchev–Trinajstić information content (AvgIpc) is 2.71. The predicted molar refractivity (Wildman–Crippen MR) is 68.0 cm³/mol. The zero-order valence-corrected chi connectivity index (χ0v) is 11.4. The lowest BCUT2D eigenvalue weighted by Crippen LogP contribution is -2.48. The van der Waals surface area contributed by atoms with Crippen LogP contribution in [0.3, 0.4) is 0 Å². The summed E-state index contributed by atoms with van der Waals surface area (Å²) in [6, 6.07) is 0.145. The zero-order valence-electron chi connectivity index (χ0n) is 11.4. The van der Waals surface area contributed by atoms with Gasteiger partial charge in [-0.3, -0.25) is 0 Å². The summed E-state index contributed by atoms with van der Waals surface area (Å²) in [5.41, 5.74) is 5.01. The van der Waals surface area contributed by atoms with Gasteiger partial charge in [-0.05, 0) is 46.1 Å². The summed E-state index contributed by atoms with van der Waals surface area (Å²) in [5, 5.41) is 10.0. The number of ether oxygens (including phenoxy) is 1. The van der Waals surface area contributed by atoms with Gasteiger partial charge in [-0.15, -0.1) is 0 Å². The molecule has 3 fully saturated rings. The number of carbonyl (C=O) groups is 1. The number of carbonyl (C=O) groups excluding carboxylic acids is 1. The molecule has 2 heterocycles. The van der Waals surface area contributed by atoms with Gasteiger partial charge < -0.3 is 20.5 Å². The van der Waals surface area contributed by atoms with E-state index in [2.05, 4.69) is 0 Å². The molecule has 3 aliphatic rings. The van der Waals surface area contributed by atoms with Gasteiger partial charge in [0.15, 0.2) is 0 Å². The molecule has 2 unspecified atom stereocenters. The molecule has 1 amide bonds. The molecule has 0 aromatic carbocycles. The van der Waals surface area contributed by atoms with E-state index in [0.29, 0.717) is 25.4 Å². The van der Waals surface area contributed by atoms with Crippen LogP contribution in [-0.2, 0) is 4.74 Å². The first-order valence-electron chi connectivity index (χ1n) is 6.71. The van der Waals surface area contributed by atoms with Crippen molar-refractivity contribution < 1.29 is 14.6 Å². The summed E-state index contributed by atoms with van der Waals surface area (Å²) in [5.74, 6) is 0.616. The monoisotopic (exact) mass is 256 g/mol. The lowest BCUT2D eigenvalue weighted by atomic mass is 9.70. The molecule has 4 atom stereocenters. The molecule has 18 heavy (non-hydrogen) atoms. The van der Waals surface area contributed by atoms with Gasteiger partial charge in [0, 0.05) is 18.5 Å². The Kier molecular flexibility index (Phi) is 3.56. The predicted octanol–water partition coefficient (Wildman–Crippen LogP) is 0.952. The van der Waals surface area contributed by atoms with Gasteiger partial charge in [0.1, 0.15) is 5.60 Å². The molecule has 0 aromatic rings. The fourth-order valence-electron chi connectivity index (χ4n) is 3.13. The summed E-state index contributed by atoms with van der Waals surface area (Å²) in [6.07, 6.45) is 0.967. The van der Waals surface area contributed by atoms with Gasteiger partial charge in [0.05, 0.1) is 6.10 Å². The molecule has 104 valence electrons. The lowest BCUT2D eigenvalue weighted by Gasteiger charge is -2.39. The molecule has 2 saturated heterocycles. The maximum Gasteiger partial charge on any atom is 0.410 e. The van der Waals surface area contributed by atoms with Crippen molar-refractivity contribution >= 4 is 6.09 Å². The highest BCUT2D eigenvalue weighted by Gasteiger charge is 2.56. The van der Waals surface area contributed by atoms with Gasteiger partial charge in [-0.1, -0.05) is 0 Å². The van der Waals surface area contributed by atoms with Gasteiger partial charge in [-0.2, -0.15) is 0 Å². The quantitative estimate of drug-likeness (QED) is 0.788. The topological polar surface area (TPSA) is 75.8 Å². The average molecular weight is 256 g/mol. The summed E-state index contributed by atoms with van der Waals surface area (Å²) < 4.78 is 5.39. The standard InChI is InChI=1S/C13H24N2O3/c1-13(2,3)18-12(17)15-7-8-6-9(15)11(8)10(16)4-5-14/h8-11,16H,4-7,14H2,1-3H3/t8-,9-,10?,11?/m0/s1. The molecule has 0 aromatic heterocycles. The first-order chi connectivity index (χ1) is 8.33. The van der Waals surface area contributed by atoms with E-state index >= 15 is 0 Å². The Balaban J connectivity index is 1.93. The molecule has 1 aliphatic carbocycles. The third-order valence-corrected chi connectivity index (χ3v) is 3.90. The van der Waals surface area contributed by atoms with E-state index in [1.807, 2.05) is 20.8 Å². The maximum absolute atomic E-state index is 12.0. The van der Waals surface area contributed by atoms with E-state index in [0.717, 1.165) is 6.42 Å². The van der Waals surface area contributed by atoms with E-state index in [1.54, 1.807) is 4.90 Å². The van der Waals surface area contributed by atoms with Crippen molar-refractivity contribution in [2.75, 3.05) is 13.1 Å². The summed E-state index contributed by atoms with van der Waals surface area (Å²) >= 11 is 0. The molecule has 2 aliphatic heterocycles. The van der Waals surface area contributed by atoms with Crippen LogP contribution >= 0.6 is 0 Å². The fraction of sp³-hybridized carbons (Fsp3) is 0.923. The Morgan fingerprint density at radius 1 is 1.56 bits per heavy atom. The van der Waals surface area contributed by atoms with E-state index < -0.39 is 5.60 Å². The Labute approximate surface area is 108 Å². The van der Waals surface area contributed by atoms with Crippen LogP contribution < -0.4 is 5.73 Å². The van der Waals surface area contributed by atoms with Crippen LogP contribution in [0.15, 0.2) is 0 Å². The number of amides is 1. The number of fused-ring (bicyclic) bond motifs is 1. The minimum atomic E-state index is -0.463. The minimum absolute atomic E-state index is 0.145. The minimum Gasteiger partial charge on any atom is -0.444 e. The molecular formula is C13H24N2O3. The summed E-state index contributed by atoms with van der Waals surface area (Å²) in [6.45, 7) is 6.81. The van der Waals surface area contributed by atoms with Crippen LogP contribution in [0.25, 0.3) is 0 Å². The molecular weight excluding hydrogens is 232 g/mol. The van der Waals surface area contributed by atoms with Crippen LogP contribution in [0.2, 0.25) is 0 Å². The molecule has 0 spiro atoms. The normalized spacial score (nSPS) is 32.1. The van der Waals surface area contributed by atoms with Crippen LogP contribution in [-0.4, -0.2) is 46.9 Å². The van der Waals surface area contributed by atoms with Crippen molar-refractivity contribution in [3.63, 3.8) is 0 Å². The Hall–Kier alpha value is -0.810. The van der Waals surface area contributed by atoms with E-state index in [9.17, 15) is 9.90 Å². The van der Waals surface area contributed by atoms with Crippen LogP contribution in [0.5, 0.6) is 0 Å². The number of aliphatic hydroxyl groups is 1. The highest BCUT2D eigenvalue weighted by molar-refractivity contribution is 5.69. The second-order valence-electron chi connectivity index (χ2n) is 6.42.